The van der Waals surface area contributed by atoms with Crippen LogP contribution in [0.5, 0.6) is 0 Å². The number of alkyl carbamates (subject to hydrolysis) is 1. The lowest BCUT2D eigenvalue weighted by atomic mass is 9.97. The molecule has 174 valence electrons. The van der Waals surface area contributed by atoms with Gasteiger partial charge in [-0.15, -0.1) is 0 Å². The zero-order valence-corrected chi connectivity index (χ0v) is 18.8. The zero-order chi connectivity index (χ0) is 23.5. The fraction of sp³-hybridized carbons (Fsp3) is 0.296. The number of carbonyl (C=O) groups excluding carboxylic acids is 1. The molecule has 2 aromatic carbocycles. The van der Waals surface area contributed by atoms with Crippen LogP contribution in [-0.4, -0.2) is 48.4 Å². The highest BCUT2D eigenvalue weighted by Crippen LogP contribution is 2.44. The van der Waals surface area contributed by atoms with Crippen molar-refractivity contribution in [2.75, 3.05) is 31.1 Å². The Bertz CT molecular complexity index is 1140. The van der Waals surface area contributed by atoms with Crippen LogP contribution in [0.15, 0.2) is 66.9 Å². The van der Waals surface area contributed by atoms with E-state index in [0.717, 1.165) is 31.7 Å². The predicted octanol–water partition coefficient (Wildman–Crippen LogP) is 4.53. The lowest BCUT2D eigenvalue weighted by molar-refractivity contribution is 0.0696. The number of pyridine rings is 1. The number of nitrogens with zero attached hydrogens (tertiary/aromatic N) is 2. The second-order valence-corrected chi connectivity index (χ2v) is 8.85. The maximum absolute atomic E-state index is 12.4. The molecule has 3 aromatic rings. The van der Waals surface area contributed by atoms with E-state index < -0.39 is 5.97 Å². The third kappa shape index (κ3) is 4.46. The van der Waals surface area contributed by atoms with Crippen LogP contribution in [0.4, 0.5) is 10.6 Å². The number of rotatable bonds is 6. The van der Waals surface area contributed by atoms with E-state index in [0.29, 0.717) is 19.1 Å². The molecule has 0 unspecified atom stereocenters. The second-order valence-electron chi connectivity index (χ2n) is 8.85. The Morgan fingerprint density at radius 2 is 1.62 bits per heavy atom. The first-order chi connectivity index (χ1) is 16.6. The first-order valence-electron chi connectivity index (χ1n) is 11.6. The number of ether oxygens (including phenoxy) is 1. The summed E-state index contributed by atoms with van der Waals surface area (Å²) in [5, 5.41) is 12.0. The number of aromatic nitrogens is 1. The van der Waals surface area contributed by atoms with Crippen molar-refractivity contribution in [2.24, 2.45) is 5.92 Å². The highest BCUT2D eigenvalue weighted by molar-refractivity contribution is 5.87. The smallest absolute Gasteiger partial charge is 0.407 e. The summed E-state index contributed by atoms with van der Waals surface area (Å²) < 4.78 is 5.63. The third-order valence-electron chi connectivity index (χ3n) is 6.81. The van der Waals surface area contributed by atoms with Crippen molar-refractivity contribution < 1.29 is 19.4 Å². The van der Waals surface area contributed by atoms with Crippen molar-refractivity contribution in [1.29, 1.82) is 0 Å². The van der Waals surface area contributed by atoms with Gasteiger partial charge in [-0.3, -0.25) is 0 Å². The first-order valence-corrected chi connectivity index (χ1v) is 11.6. The highest BCUT2D eigenvalue weighted by atomic mass is 16.5. The monoisotopic (exact) mass is 457 g/mol. The van der Waals surface area contributed by atoms with Crippen LogP contribution in [0, 0.1) is 5.92 Å². The number of carboxylic acid groups (broad SMARTS) is 1. The van der Waals surface area contributed by atoms with Gasteiger partial charge >= 0.3 is 12.1 Å². The molecule has 1 aliphatic heterocycles. The lowest BCUT2D eigenvalue weighted by Crippen LogP contribution is -2.39. The molecule has 7 nitrogen and oxygen atoms in total. The van der Waals surface area contributed by atoms with Crippen LogP contribution in [0.2, 0.25) is 0 Å². The van der Waals surface area contributed by atoms with E-state index in [1.165, 1.54) is 28.5 Å². The maximum Gasteiger partial charge on any atom is 0.407 e. The number of piperidine rings is 1. The van der Waals surface area contributed by atoms with E-state index >= 15 is 0 Å². The molecule has 2 N–H and O–H groups in total. The van der Waals surface area contributed by atoms with Gasteiger partial charge in [-0.2, -0.15) is 0 Å². The molecule has 34 heavy (non-hydrogen) atoms. The number of carbonyl (C=O) groups is 2. The number of anilines is 1. The number of fused-ring (bicyclic) bond motifs is 3. The van der Waals surface area contributed by atoms with E-state index in [9.17, 15) is 9.59 Å². The summed E-state index contributed by atoms with van der Waals surface area (Å²) in [6, 6.07) is 19.9. The van der Waals surface area contributed by atoms with Gasteiger partial charge in [-0.25, -0.2) is 14.6 Å². The molecule has 0 spiro atoms. The average molecular weight is 458 g/mol. The Labute approximate surface area is 198 Å². The van der Waals surface area contributed by atoms with E-state index in [-0.39, 0.29) is 17.6 Å². The van der Waals surface area contributed by atoms with Gasteiger partial charge in [0.05, 0.1) is 5.56 Å². The Morgan fingerprint density at radius 1 is 0.971 bits per heavy atom. The van der Waals surface area contributed by atoms with Gasteiger partial charge in [0.15, 0.2) is 0 Å². The quantitative estimate of drug-likeness (QED) is 0.565. The Hall–Kier alpha value is -3.87. The topological polar surface area (TPSA) is 91.8 Å². The normalized spacial score (nSPS) is 15.5. The van der Waals surface area contributed by atoms with Gasteiger partial charge in [0.2, 0.25) is 0 Å². The molecule has 0 saturated carbocycles. The van der Waals surface area contributed by atoms with Gasteiger partial charge in [-0.1, -0.05) is 48.5 Å². The molecule has 1 aliphatic carbocycles. The van der Waals surface area contributed by atoms with Crippen LogP contribution < -0.4 is 10.2 Å². The molecule has 5 rings (SSSR count). The largest absolute Gasteiger partial charge is 0.478 e. The lowest BCUT2D eigenvalue weighted by Gasteiger charge is -2.32. The van der Waals surface area contributed by atoms with Crippen LogP contribution in [0.3, 0.4) is 0 Å². The molecule has 2 aliphatic rings. The van der Waals surface area contributed by atoms with Crippen molar-refractivity contribution >= 4 is 17.9 Å². The van der Waals surface area contributed by atoms with Gasteiger partial charge < -0.3 is 20.1 Å². The molecule has 1 amide bonds. The molecule has 1 fully saturated rings. The minimum Gasteiger partial charge on any atom is -0.478 e. The number of benzene rings is 2. The summed E-state index contributed by atoms with van der Waals surface area (Å²) in [6.45, 7) is 2.53. The number of nitrogens with one attached hydrogen (secondary N) is 1. The highest BCUT2D eigenvalue weighted by Gasteiger charge is 2.29. The fourth-order valence-corrected chi connectivity index (χ4v) is 4.94. The molecule has 0 bridgehead atoms. The third-order valence-corrected chi connectivity index (χ3v) is 6.81. The van der Waals surface area contributed by atoms with Gasteiger partial charge in [0.25, 0.3) is 0 Å². The Morgan fingerprint density at radius 3 is 2.21 bits per heavy atom. The number of aromatic carboxylic acids is 1. The van der Waals surface area contributed by atoms with Crippen LogP contribution in [0.1, 0.15) is 40.2 Å². The molecule has 0 radical (unpaired) electrons. The minimum absolute atomic E-state index is 0.0569. The average Bonchev–Trinajstić information content (AvgIpc) is 3.20. The first kappa shape index (κ1) is 21.9. The molecular formula is C27H27N3O4. The summed E-state index contributed by atoms with van der Waals surface area (Å²) >= 11 is 0. The molecule has 7 heteroatoms. The second kappa shape index (κ2) is 9.55. The summed E-state index contributed by atoms with van der Waals surface area (Å²) in [4.78, 5) is 29.8. The molecule has 1 saturated heterocycles. The Kier molecular flexibility index (Phi) is 6.16. The summed E-state index contributed by atoms with van der Waals surface area (Å²) in [6.07, 6.45) is 2.86. The predicted molar refractivity (Wildman–Crippen MR) is 129 cm³/mol. The zero-order valence-electron chi connectivity index (χ0n) is 18.8. The maximum atomic E-state index is 12.4. The van der Waals surface area contributed by atoms with Gasteiger partial charge in [0.1, 0.15) is 12.4 Å². The Balaban J connectivity index is 1.09. The van der Waals surface area contributed by atoms with E-state index in [4.69, 9.17) is 9.84 Å². The van der Waals surface area contributed by atoms with Crippen LogP contribution in [-0.2, 0) is 4.74 Å². The van der Waals surface area contributed by atoms with Crippen LogP contribution in [0.25, 0.3) is 11.1 Å². The standard InChI is InChI=1S/C27H27N3O4/c31-26(32)19-9-10-25(28-16-19)30-13-11-18(12-14-30)15-29-27(33)34-17-24-22-7-3-1-5-20(22)21-6-2-4-8-23(21)24/h1-10,16,18,24H,11-15,17H2,(H,29,33)(H,31,32). The molecule has 2 heterocycles. The molecule has 1 aromatic heterocycles. The van der Waals surface area contributed by atoms with Crippen molar-refractivity contribution in [3.05, 3.63) is 83.6 Å². The van der Waals surface area contributed by atoms with E-state index in [1.54, 1.807) is 12.1 Å². The number of amides is 1. The van der Waals surface area contributed by atoms with Crippen LogP contribution >= 0.6 is 0 Å². The number of hydrogen-bond acceptors (Lipinski definition) is 5. The summed E-state index contributed by atoms with van der Waals surface area (Å²) in [5.74, 6) is 0.237. The summed E-state index contributed by atoms with van der Waals surface area (Å²) in [7, 11) is 0. The van der Waals surface area contributed by atoms with Crippen molar-refractivity contribution in [3.63, 3.8) is 0 Å². The van der Waals surface area contributed by atoms with Crippen molar-refractivity contribution in [1.82, 2.24) is 10.3 Å². The fourth-order valence-electron chi connectivity index (χ4n) is 4.94. The summed E-state index contributed by atoms with van der Waals surface area (Å²) in [5.41, 5.74) is 5.02. The molecular weight excluding hydrogens is 430 g/mol. The van der Waals surface area contributed by atoms with Gasteiger partial charge in [-0.05, 0) is 53.1 Å². The van der Waals surface area contributed by atoms with Gasteiger partial charge in [0, 0.05) is 31.7 Å². The SMILES string of the molecule is O=C(NCC1CCN(c2ccc(C(=O)O)cn2)CC1)OCC1c2ccccc2-c2ccccc21. The van der Waals surface area contributed by atoms with Crippen molar-refractivity contribution in [3.8, 4) is 11.1 Å². The van der Waals surface area contributed by atoms with E-state index in [2.05, 4.69) is 39.5 Å². The minimum atomic E-state index is -0.975. The number of carboxylic acids is 1. The van der Waals surface area contributed by atoms with Crippen molar-refractivity contribution in [2.45, 2.75) is 18.8 Å². The number of hydrogen-bond donors (Lipinski definition) is 2. The van der Waals surface area contributed by atoms with E-state index in [1.807, 2.05) is 24.3 Å². The molecule has 0 atom stereocenters.